The zero-order chi connectivity index (χ0) is 11.3. The van der Waals surface area contributed by atoms with Crippen molar-refractivity contribution < 1.29 is 9.13 Å². The highest BCUT2D eigenvalue weighted by Crippen LogP contribution is 2.27. The van der Waals surface area contributed by atoms with Gasteiger partial charge in [0.1, 0.15) is 11.6 Å². The molecule has 0 saturated heterocycles. The molecule has 0 aromatic heterocycles. The maximum Gasteiger partial charge on any atom is 0.123 e. The molecular formula is C12H19ClFNO. The summed E-state index contributed by atoms with van der Waals surface area (Å²) in [5.74, 6) is 0.401. The Bertz CT molecular complexity index is 320. The Balaban J connectivity index is 0.00000225. The van der Waals surface area contributed by atoms with Gasteiger partial charge in [-0.1, -0.05) is 19.8 Å². The van der Waals surface area contributed by atoms with Crippen LogP contribution in [0.1, 0.15) is 37.8 Å². The summed E-state index contributed by atoms with van der Waals surface area (Å²) in [6.07, 6.45) is 2.99. The highest BCUT2D eigenvalue weighted by molar-refractivity contribution is 5.85. The number of benzene rings is 1. The summed E-state index contributed by atoms with van der Waals surface area (Å²) >= 11 is 0. The van der Waals surface area contributed by atoms with Crippen molar-refractivity contribution in [3.05, 3.63) is 29.6 Å². The van der Waals surface area contributed by atoms with E-state index >= 15 is 0 Å². The van der Waals surface area contributed by atoms with Crippen molar-refractivity contribution in [2.75, 3.05) is 7.11 Å². The van der Waals surface area contributed by atoms with Crippen LogP contribution in [-0.2, 0) is 0 Å². The summed E-state index contributed by atoms with van der Waals surface area (Å²) in [7, 11) is 1.57. The number of nitrogens with two attached hydrogens (primary N) is 1. The van der Waals surface area contributed by atoms with Gasteiger partial charge in [0.15, 0.2) is 0 Å². The molecule has 1 aromatic carbocycles. The zero-order valence-electron chi connectivity index (χ0n) is 9.70. The quantitative estimate of drug-likeness (QED) is 0.865. The van der Waals surface area contributed by atoms with Crippen LogP contribution in [0, 0.1) is 5.82 Å². The number of unbranched alkanes of at least 4 members (excludes halogenated alkanes) is 1. The molecule has 0 aliphatic heterocycles. The first kappa shape index (κ1) is 15.2. The minimum atomic E-state index is -0.266. The second-order valence-corrected chi connectivity index (χ2v) is 3.63. The molecule has 0 saturated carbocycles. The van der Waals surface area contributed by atoms with E-state index in [1.165, 1.54) is 12.1 Å². The largest absolute Gasteiger partial charge is 0.496 e. The molecule has 0 amide bonds. The fraction of sp³-hybridized carbons (Fsp3) is 0.500. The van der Waals surface area contributed by atoms with Gasteiger partial charge in [0.2, 0.25) is 0 Å². The van der Waals surface area contributed by atoms with E-state index in [0.717, 1.165) is 24.8 Å². The number of methoxy groups -OCH3 is 1. The van der Waals surface area contributed by atoms with Gasteiger partial charge in [-0.3, -0.25) is 0 Å². The molecule has 1 atom stereocenters. The molecule has 0 bridgehead atoms. The van der Waals surface area contributed by atoms with Gasteiger partial charge in [-0.25, -0.2) is 4.39 Å². The van der Waals surface area contributed by atoms with Crippen LogP contribution >= 0.6 is 12.4 Å². The van der Waals surface area contributed by atoms with Crippen LogP contribution in [0.2, 0.25) is 0 Å². The molecule has 0 radical (unpaired) electrons. The lowest BCUT2D eigenvalue weighted by Gasteiger charge is -2.15. The molecular weight excluding hydrogens is 229 g/mol. The third kappa shape index (κ3) is 3.99. The van der Waals surface area contributed by atoms with Gasteiger partial charge in [-0.2, -0.15) is 0 Å². The van der Waals surface area contributed by atoms with E-state index in [1.54, 1.807) is 13.2 Å². The summed E-state index contributed by atoms with van der Waals surface area (Å²) < 4.78 is 18.2. The molecule has 0 heterocycles. The SMILES string of the molecule is CCCC[C@@H](N)c1cc(F)ccc1OC.Cl. The van der Waals surface area contributed by atoms with Crippen LogP contribution in [0.5, 0.6) is 5.75 Å². The molecule has 1 rings (SSSR count). The first-order valence-corrected chi connectivity index (χ1v) is 5.28. The predicted molar refractivity (Wildman–Crippen MR) is 66.7 cm³/mol. The average Bonchev–Trinajstić information content (AvgIpc) is 2.25. The second kappa shape index (κ2) is 7.47. The number of hydrogen-bond acceptors (Lipinski definition) is 2. The van der Waals surface area contributed by atoms with Gasteiger partial charge in [0, 0.05) is 11.6 Å². The van der Waals surface area contributed by atoms with E-state index in [0.29, 0.717) is 5.75 Å². The van der Waals surface area contributed by atoms with Gasteiger partial charge >= 0.3 is 0 Å². The molecule has 2 nitrogen and oxygen atoms in total. The lowest BCUT2D eigenvalue weighted by Crippen LogP contribution is -2.11. The first-order valence-electron chi connectivity index (χ1n) is 5.28. The Hall–Kier alpha value is -0.800. The Labute approximate surface area is 102 Å². The Morgan fingerprint density at radius 2 is 2.12 bits per heavy atom. The lowest BCUT2D eigenvalue weighted by molar-refractivity contribution is 0.402. The zero-order valence-corrected chi connectivity index (χ0v) is 10.5. The normalized spacial score (nSPS) is 11.8. The fourth-order valence-electron chi connectivity index (χ4n) is 1.57. The van der Waals surface area contributed by atoms with Crippen molar-refractivity contribution in [3.8, 4) is 5.75 Å². The monoisotopic (exact) mass is 247 g/mol. The van der Waals surface area contributed by atoms with Crippen LogP contribution in [0.4, 0.5) is 4.39 Å². The highest BCUT2D eigenvalue weighted by Gasteiger charge is 2.12. The number of ether oxygens (including phenoxy) is 1. The third-order valence-corrected chi connectivity index (χ3v) is 2.46. The number of hydrogen-bond donors (Lipinski definition) is 1. The summed E-state index contributed by atoms with van der Waals surface area (Å²) in [5, 5.41) is 0. The van der Waals surface area contributed by atoms with Gasteiger partial charge in [-0.15, -0.1) is 12.4 Å². The van der Waals surface area contributed by atoms with E-state index in [2.05, 4.69) is 6.92 Å². The molecule has 0 spiro atoms. The average molecular weight is 248 g/mol. The van der Waals surface area contributed by atoms with Crippen molar-refractivity contribution in [2.45, 2.75) is 32.2 Å². The van der Waals surface area contributed by atoms with Crippen LogP contribution < -0.4 is 10.5 Å². The van der Waals surface area contributed by atoms with E-state index in [4.69, 9.17) is 10.5 Å². The summed E-state index contributed by atoms with van der Waals surface area (Å²) in [6.45, 7) is 2.11. The molecule has 0 unspecified atom stereocenters. The Morgan fingerprint density at radius 1 is 1.44 bits per heavy atom. The number of rotatable bonds is 5. The van der Waals surface area contributed by atoms with E-state index in [9.17, 15) is 4.39 Å². The lowest BCUT2D eigenvalue weighted by atomic mass is 10.0. The first-order chi connectivity index (χ1) is 7.19. The second-order valence-electron chi connectivity index (χ2n) is 3.63. The predicted octanol–water partition coefficient (Wildman–Crippen LogP) is 3.45. The van der Waals surface area contributed by atoms with Crippen LogP contribution in [0.15, 0.2) is 18.2 Å². The van der Waals surface area contributed by atoms with Gasteiger partial charge in [0.25, 0.3) is 0 Å². The van der Waals surface area contributed by atoms with E-state index in [-0.39, 0.29) is 24.3 Å². The van der Waals surface area contributed by atoms with Crippen molar-refractivity contribution >= 4 is 12.4 Å². The molecule has 92 valence electrons. The van der Waals surface area contributed by atoms with Crippen LogP contribution in [0.25, 0.3) is 0 Å². The Morgan fingerprint density at radius 3 is 2.69 bits per heavy atom. The van der Waals surface area contributed by atoms with Crippen molar-refractivity contribution in [3.63, 3.8) is 0 Å². The maximum atomic E-state index is 13.1. The molecule has 0 fully saturated rings. The van der Waals surface area contributed by atoms with Gasteiger partial charge in [-0.05, 0) is 24.6 Å². The summed E-state index contributed by atoms with van der Waals surface area (Å²) in [5.41, 5.74) is 6.74. The van der Waals surface area contributed by atoms with Crippen molar-refractivity contribution in [1.29, 1.82) is 0 Å². The minimum absolute atomic E-state index is 0. The van der Waals surface area contributed by atoms with Crippen LogP contribution in [0.3, 0.4) is 0 Å². The fourth-order valence-corrected chi connectivity index (χ4v) is 1.57. The van der Waals surface area contributed by atoms with E-state index < -0.39 is 0 Å². The molecule has 2 N–H and O–H groups in total. The molecule has 0 aliphatic carbocycles. The van der Waals surface area contributed by atoms with Gasteiger partial charge in [0.05, 0.1) is 7.11 Å². The maximum absolute atomic E-state index is 13.1. The molecule has 1 aromatic rings. The molecule has 0 aliphatic rings. The smallest absolute Gasteiger partial charge is 0.123 e. The number of halogens is 2. The molecule has 4 heteroatoms. The highest BCUT2D eigenvalue weighted by atomic mass is 35.5. The van der Waals surface area contributed by atoms with Crippen molar-refractivity contribution in [2.24, 2.45) is 5.73 Å². The Kier molecular flexibility index (Phi) is 7.10. The van der Waals surface area contributed by atoms with Crippen LogP contribution in [-0.4, -0.2) is 7.11 Å². The van der Waals surface area contributed by atoms with Crippen molar-refractivity contribution in [1.82, 2.24) is 0 Å². The summed E-state index contributed by atoms with van der Waals surface area (Å²) in [6, 6.07) is 4.32. The third-order valence-electron chi connectivity index (χ3n) is 2.46. The standard InChI is InChI=1S/C12H18FNO.ClH/c1-3-4-5-11(14)10-8-9(13)6-7-12(10)15-2;/h6-8,11H,3-5,14H2,1-2H3;1H/t11-;/m1./s1. The van der Waals surface area contributed by atoms with E-state index in [1.807, 2.05) is 0 Å². The van der Waals surface area contributed by atoms with Gasteiger partial charge < -0.3 is 10.5 Å². The molecule has 16 heavy (non-hydrogen) atoms. The topological polar surface area (TPSA) is 35.2 Å². The summed E-state index contributed by atoms with van der Waals surface area (Å²) in [4.78, 5) is 0. The minimum Gasteiger partial charge on any atom is -0.496 e.